The molecule has 0 bridgehead atoms. The Morgan fingerprint density at radius 3 is 1.21 bits per heavy atom. The maximum absolute atomic E-state index is 6.15. The molecular formula is C16H23N3. The maximum atomic E-state index is 6.15. The second kappa shape index (κ2) is 8.43. The van der Waals surface area contributed by atoms with E-state index in [1.165, 1.54) is 0 Å². The summed E-state index contributed by atoms with van der Waals surface area (Å²) in [7, 11) is 3.75. The minimum absolute atomic E-state index is 0.163. The molecule has 5 N–H and O–H groups in total. The smallest absolute Gasteiger partial charge is 0.0491 e. The van der Waals surface area contributed by atoms with Crippen LogP contribution < -0.4 is 16.8 Å². The van der Waals surface area contributed by atoms with Crippen LogP contribution in [-0.2, 0) is 0 Å². The zero-order chi connectivity index (χ0) is 14.1. The lowest BCUT2D eigenvalue weighted by molar-refractivity contribution is 0.574. The van der Waals surface area contributed by atoms with Crippen LogP contribution in [-0.4, -0.2) is 14.1 Å². The van der Waals surface area contributed by atoms with Crippen molar-refractivity contribution in [2.75, 3.05) is 14.1 Å². The molecule has 2 atom stereocenters. The van der Waals surface area contributed by atoms with Gasteiger partial charge >= 0.3 is 0 Å². The lowest BCUT2D eigenvalue weighted by atomic mass is 9.95. The van der Waals surface area contributed by atoms with Gasteiger partial charge < -0.3 is 16.8 Å². The monoisotopic (exact) mass is 257 g/mol. The van der Waals surface area contributed by atoms with Crippen molar-refractivity contribution in [2.45, 2.75) is 12.1 Å². The molecule has 3 nitrogen and oxygen atoms in total. The molecular weight excluding hydrogens is 234 g/mol. The van der Waals surface area contributed by atoms with Crippen LogP contribution in [0.15, 0.2) is 60.7 Å². The molecule has 2 rings (SSSR count). The number of nitrogens with one attached hydrogen (secondary N) is 1. The molecule has 3 heteroatoms. The number of hydrogen-bond acceptors (Lipinski definition) is 3. The van der Waals surface area contributed by atoms with Gasteiger partial charge in [0.15, 0.2) is 0 Å². The van der Waals surface area contributed by atoms with E-state index in [1.54, 1.807) is 0 Å². The van der Waals surface area contributed by atoms with E-state index in [1.807, 2.05) is 74.8 Å². The van der Waals surface area contributed by atoms with Gasteiger partial charge in [-0.3, -0.25) is 0 Å². The third-order valence-electron chi connectivity index (χ3n) is 2.76. The van der Waals surface area contributed by atoms with Gasteiger partial charge in [-0.2, -0.15) is 0 Å². The van der Waals surface area contributed by atoms with E-state index in [4.69, 9.17) is 11.5 Å². The molecule has 0 amide bonds. The summed E-state index contributed by atoms with van der Waals surface area (Å²) in [6, 6.07) is 19.6. The van der Waals surface area contributed by atoms with Crippen molar-refractivity contribution in [3.63, 3.8) is 0 Å². The summed E-state index contributed by atoms with van der Waals surface area (Å²) < 4.78 is 0. The summed E-state index contributed by atoms with van der Waals surface area (Å²) in [5, 5.41) is 2.75. The van der Waals surface area contributed by atoms with Crippen LogP contribution in [0.25, 0.3) is 0 Å². The first-order chi connectivity index (χ1) is 9.20. The number of benzene rings is 2. The minimum Gasteiger partial charge on any atom is -0.323 e. The Bertz CT molecular complexity index is 399. The molecule has 102 valence electrons. The summed E-state index contributed by atoms with van der Waals surface area (Å²) in [6.45, 7) is 0. The number of nitrogens with two attached hydrogens (primary N) is 2. The van der Waals surface area contributed by atoms with Crippen molar-refractivity contribution < 1.29 is 0 Å². The first-order valence-corrected chi connectivity index (χ1v) is 6.40. The van der Waals surface area contributed by atoms with Crippen LogP contribution in [0.1, 0.15) is 23.2 Å². The minimum atomic E-state index is -0.163. The van der Waals surface area contributed by atoms with Gasteiger partial charge in [0.25, 0.3) is 0 Å². The molecule has 0 saturated carbocycles. The second-order valence-electron chi connectivity index (χ2n) is 4.37. The second-order valence-corrected chi connectivity index (χ2v) is 4.37. The maximum Gasteiger partial charge on any atom is 0.0491 e. The highest BCUT2D eigenvalue weighted by Crippen LogP contribution is 2.23. The van der Waals surface area contributed by atoms with Gasteiger partial charge in [0, 0.05) is 12.1 Å². The van der Waals surface area contributed by atoms with E-state index in [0.29, 0.717) is 0 Å². The fourth-order valence-electron chi connectivity index (χ4n) is 1.77. The molecule has 0 saturated heterocycles. The van der Waals surface area contributed by atoms with Crippen LogP contribution in [0.2, 0.25) is 0 Å². The van der Waals surface area contributed by atoms with E-state index in [0.717, 1.165) is 11.1 Å². The predicted octanol–water partition coefficient (Wildman–Crippen LogP) is 2.22. The fourth-order valence-corrected chi connectivity index (χ4v) is 1.77. The third-order valence-corrected chi connectivity index (χ3v) is 2.76. The largest absolute Gasteiger partial charge is 0.323 e. The Labute approximate surface area is 115 Å². The van der Waals surface area contributed by atoms with Crippen molar-refractivity contribution in [3.05, 3.63) is 71.8 Å². The van der Waals surface area contributed by atoms with Crippen LogP contribution >= 0.6 is 0 Å². The lowest BCUT2D eigenvalue weighted by Crippen LogP contribution is -2.26. The van der Waals surface area contributed by atoms with Gasteiger partial charge in [-0.05, 0) is 25.2 Å². The van der Waals surface area contributed by atoms with Crippen LogP contribution in [0.4, 0.5) is 0 Å². The number of hydrogen-bond donors (Lipinski definition) is 3. The van der Waals surface area contributed by atoms with Gasteiger partial charge in [0.1, 0.15) is 0 Å². The van der Waals surface area contributed by atoms with Crippen molar-refractivity contribution >= 4 is 0 Å². The van der Waals surface area contributed by atoms with Gasteiger partial charge in [-0.25, -0.2) is 0 Å². The predicted molar refractivity (Wildman–Crippen MR) is 81.7 cm³/mol. The molecule has 0 aromatic heterocycles. The topological polar surface area (TPSA) is 64.1 Å². The van der Waals surface area contributed by atoms with Crippen LogP contribution in [0, 0.1) is 0 Å². The molecule has 0 spiro atoms. The standard InChI is InChI=1S/C14H16N2.C2H7N/c15-13(11-7-3-1-4-8-11)14(16)12-9-5-2-6-10-12;1-3-2/h1-10,13-14H,15-16H2;3H,1-2H3/t13-,14-;/m1./s1. The van der Waals surface area contributed by atoms with E-state index in [9.17, 15) is 0 Å². The lowest BCUT2D eigenvalue weighted by Gasteiger charge is -2.20. The van der Waals surface area contributed by atoms with E-state index in [-0.39, 0.29) is 12.1 Å². The van der Waals surface area contributed by atoms with Gasteiger partial charge in [-0.15, -0.1) is 0 Å². The molecule has 0 aliphatic carbocycles. The highest BCUT2D eigenvalue weighted by atomic mass is 14.8. The zero-order valence-corrected chi connectivity index (χ0v) is 11.6. The summed E-state index contributed by atoms with van der Waals surface area (Å²) in [4.78, 5) is 0. The average molecular weight is 257 g/mol. The molecule has 19 heavy (non-hydrogen) atoms. The van der Waals surface area contributed by atoms with E-state index in [2.05, 4.69) is 5.32 Å². The van der Waals surface area contributed by atoms with Crippen molar-refractivity contribution in [1.29, 1.82) is 0 Å². The zero-order valence-electron chi connectivity index (χ0n) is 11.6. The normalized spacial score (nSPS) is 13.1. The first kappa shape index (κ1) is 15.4. The van der Waals surface area contributed by atoms with Gasteiger partial charge in [0.2, 0.25) is 0 Å². The van der Waals surface area contributed by atoms with E-state index >= 15 is 0 Å². The molecule has 0 aliphatic rings. The van der Waals surface area contributed by atoms with Crippen molar-refractivity contribution in [2.24, 2.45) is 11.5 Å². The van der Waals surface area contributed by atoms with Crippen molar-refractivity contribution in [3.8, 4) is 0 Å². The van der Waals surface area contributed by atoms with Crippen LogP contribution in [0.5, 0.6) is 0 Å². The van der Waals surface area contributed by atoms with Crippen molar-refractivity contribution in [1.82, 2.24) is 5.32 Å². The number of rotatable bonds is 3. The molecule has 0 aliphatic heterocycles. The highest BCUT2D eigenvalue weighted by molar-refractivity contribution is 5.26. The third kappa shape index (κ3) is 4.83. The van der Waals surface area contributed by atoms with Gasteiger partial charge in [-0.1, -0.05) is 60.7 Å². The molecule has 0 fully saturated rings. The summed E-state index contributed by atoms with van der Waals surface area (Å²) in [5.74, 6) is 0. The Morgan fingerprint density at radius 1 is 0.684 bits per heavy atom. The fraction of sp³-hybridized carbons (Fsp3) is 0.250. The Morgan fingerprint density at radius 2 is 0.947 bits per heavy atom. The van der Waals surface area contributed by atoms with E-state index < -0.39 is 0 Å². The molecule has 2 aromatic rings. The Kier molecular flexibility index (Phi) is 6.82. The Hall–Kier alpha value is -1.68. The summed E-state index contributed by atoms with van der Waals surface area (Å²) in [6.07, 6.45) is 0. The van der Waals surface area contributed by atoms with Gasteiger partial charge in [0.05, 0.1) is 0 Å². The summed E-state index contributed by atoms with van der Waals surface area (Å²) >= 11 is 0. The Balaban J connectivity index is 0.000000550. The molecule has 2 aromatic carbocycles. The summed E-state index contributed by atoms with van der Waals surface area (Å²) in [5.41, 5.74) is 14.4. The SMILES string of the molecule is CNC.N[C@H](c1ccccc1)[C@H](N)c1ccccc1. The molecule has 0 radical (unpaired) electrons. The first-order valence-electron chi connectivity index (χ1n) is 6.40. The highest BCUT2D eigenvalue weighted by Gasteiger charge is 2.16. The molecule has 0 heterocycles. The molecule has 0 unspecified atom stereocenters. The van der Waals surface area contributed by atoms with Crippen LogP contribution in [0.3, 0.4) is 0 Å². The average Bonchev–Trinajstić information content (AvgIpc) is 2.48. The quantitative estimate of drug-likeness (QED) is 0.790.